The molecule has 0 radical (unpaired) electrons. The van der Waals surface area contributed by atoms with Gasteiger partial charge in [-0.25, -0.2) is 0 Å². The van der Waals surface area contributed by atoms with Gasteiger partial charge in [0.05, 0.1) is 6.26 Å². The molecule has 2 N–H and O–H groups in total. The molecule has 24 heavy (non-hydrogen) atoms. The van der Waals surface area contributed by atoms with Gasteiger partial charge in [-0.2, -0.15) is 0 Å². The molecular formula is C18H21N3O3. The Morgan fingerprint density at radius 3 is 2.46 bits per heavy atom. The highest BCUT2D eigenvalue weighted by Gasteiger charge is 2.18. The lowest BCUT2D eigenvalue weighted by Crippen LogP contribution is -2.41. The highest BCUT2D eigenvalue weighted by atomic mass is 16.3. The Morgan fingerprint density at radius 2 is 1.83 bits per heavy atom. The van der Waals surface area contributed by atoms with Crippen molar-refractivity contribution < 1.29 is 14.0 Å². The Hall–Kier alpha value is -2.76. The Balaban J connectivity index is 1.54. The molecule has 0 saturated carbocycles. The van der Waals surface area contributed by atoms with Crippen LogP contribution in [0.1, 0.15) is 30.3 Å². The van der Waals surface area contributed by atoms with Gasteiger partial charge in [0.2, 0.25) is 5.91 Å². The molecule has 0 spiro atoms. The molecule has 6 nitrogen and oxygen atoms in total. The van der Waals surface area contributed by atoms with Crippen LogP contribution >= 0.6 is 0 Å². The Morgan fingerprint density at radius 1 is 1.12 bits per heavy atom. The molecule has 1 atom stereocenters. The predicted molar refractivity (Wildman–Crippen MR) is 92.2 cm³/mol. The van der Waals surface area contributed by atoms with Crippen LogP contribution < -0.4 is 15.5 Å². The van der Waals surface area contributed by atoms with Crippen LogP contribution in [0, 0.1) is 0 Å². The van der Waals surface area contributed by atoms with E-state index in [9.17, 15) is 9.59 Å². The Bertz CT molecular complexity index is 689. The van der Waals surface area contributed by atoms with Crippen LogP contribution in [0.3, 0.4) is 0 Å². The molecule has 2 heterocycles. The normalized spacial score (nSPS) is 15.1. The third-order valence-corrected chi connectivity index (χ3v) is 4.09. The van der Waals surface area contributed by atoms with E-state index in [2.05, 4.69) is 15.5 Å². The zero-order chi connectivity index (χ0) is 16.9. The lowest BCUT2D eigenvalue weighted by atomic mass is 10.2. The molecular weight excluding hydrogens is 306 g/mol. The first-order valence-corrected chi connectivity index (χ1v) is 8.14. The minimum Gasteiger partial charge on any atom is -0.459 e. The molecule has 2 amide bonds. The first-order chi connectivity index (χ1) is 11.6. The van der Waals surface area contributed by atoms with Crippen molar-refractivity contribution >= 4 is 23.2 Å². The summed E-state index contributed by atoms with van der Waals surface area (Å²) in [6, 6.07) is 10.3. The molecule has 1 fully saturated rings. The summed E-state index contributed by atoms with van der Waals surface area (Å²) in [5.41, 5.74) is 1.88. The van der Waals surface area contributed by atoms with Crippen molar-refractivity contribution in [3.8, 4) is 0 Å². The lowest BCUT2D eigenvalue weighted by molar-refractivity contribution is -0.117. The minimum atomic E-state index is -0.666. The van der Waals surface area contributed by atoms with Crippen LogP contribution in [0.15, 0.2) is 47.1 Å². The van der Waals surface area contributed by atoms with Gasteiger partial charge in [0.15, 0.2) is 5.76 Å². The second kappa shape index (κ2) is 7.21. The summed E-state index contributed by atoms with van der Waals surface area (Å²) in [6.45, 7) is 3.80. The molecule has 1 saturated heterocycles. The second-order valence-corrected chi connectivity index (χ2v) is 5.90. The van der Waals surface area contributed by atoms with Gasteiger partial charge < -0.3 is 20.0 Å². The number of rotatable bonds is 5. The third-order valence-electron chi connectivity index (χ3n) is 4.09. The van der Waals surface area contributed by atoms with Crippen molar-refractivity contribution in [2.45, 2.75) is 25.8 Å². The van der Waals surface area contributed by atoms with Gasteiger partial charge in [-0.3, -0.25) is 9.59 Å². The maximum Gasteiger partial charge on any atom is 0.287 e. The van der Waals surface area contributed by atoms with E-state index in [0.717, 1.165) is 13.1 Å². The topological polar surface area (TPSA) is 74.6 Å². The number of furan rings is 1. The smallest absolute Gasteiger partial charge is 0.287 e. The van der Waals surface area contributed by atoms with Gasteiger partial charge in [0.25, 0.3) is 5.91 Å². The quantitative estimate of drug-likeness (QED) is 0.885. The number of carbonyl (C=O) groups is 2. The summed E-state index contributed by atoms with van der Waals surface area (Å²) in [4.78, 5) is 26.4. The standard InChI is InChI=1S/C18H21N3O3/c1-13(19-18(23)16-5-4-12-24-16)17(22)20-14-6-8-15(9-7-14)21-10-2-3-11-21/h4-9,12-13H,2-3,10-11H2,1H3,(H,19,23)(H,20,22)/t13-/m1/s1. The zero-order valence-electron chi connectivity index (χ0n) is 13.6. The fourth-order valence-electron chi connectivity index (χ4n) is 2.72. The van der Waals surface area contributed by atoms with Crippen LogP contribution in [0.2, 0.25) is 0 Å². The number of anilines is 2. The molecule has 1 aliphatic heterocycles. The first-order valence-electron chi connectivity index (χ1n) is 8.14. The van der Waals surface area contributed by atoms with E-state index in [-0.39, 0.29) is 11.7 Å². The number of nitrogens with one attached hydrogen (secondary N) is 2. The zero-order valence-corrected chi connectivity index (χ0v) is 13.6. The maximum atomic E-state index is 12.2. The van der Waals surface area contributed by atoms with Crippen LogP contribution in [0.4, 0.5) is 11.4 Å². The molecule has 6 heteroatoms. The van der Waals surface area contributed by atoms with Gasteiger partial charge in [-0.05, 0) is 56.2 Å². The summed E-state index contributed by atoms with van der Waals surface area (Å²) in [7, 11) is 0. The minimum absolute atomic E-state index is 0.185. The molecule has 0 aliphatic carbocycles. The number of benzene rings is 1. The third kappa shape index (κ3) is 3.76. The van der Waals surface area contributed by atoms with Crippen LogP contribution in [0.25, 0.3) is 0 Å². The van der Waals surface area contributed by atoms with Crippen molar-refractivity contribution in [3.05, 3.63) is 48.4 Å². The molecule has 0 unspecified atom stereocenters. The molecule has 1 aromatic heterocycles. The van der Waals surface area contributed by atoms with Crippen LogP contribution in [-0.4, -0.2) is 30.9 Å². The fourth-order valence-corrected chi connectivity index (χ4v) is 2.72. The molecule has 3 rings (SSSR count). The van der Waals surface area contributed by atoms with E-state index < -0.39 is 11.9 Å². The summed E-state index contributed by atoms with van der Waals surface area (Å²) < 4.78 is 5.01. The summed E-state index contributed by atoms with van der Waals surface area (Å²) in [6.07, 6.45) is 3.87. The van der Waals surface area contributed by atoms with E-state index in [1.165, 1.54) is 24.8 Å². The van der Waals surface area contributed by atoms with E-state index in [1.807, 2.05) is 24.3 Å². The molecule has 1 aromatic carbocycles. The van der Waals surface area contributed by atoms with Crippen molar-refractivity contribution in [2.75, 3.05) is 23.3 Å². The maximum absolute atomic E-state index is 12.2. The van der Waals surface area contributed by atoms with Gasteiger partial charge >= 0.3 is 0 Å². The highest BCUT2D eigenvalue weighted by molar-refractivity contribution is 5.99. The van der Waals surface area contributed by atoms with Crippen molar-refractivity contribution in [2.24, 2.45) is 0 Å². The summed E-state index contributed by atoms with van der Waals surface area (Å²) in [5, 5.41) is 5.41. The number of hydrogen-bond donors (Lipinski definition) is 2. The van der Waals surface area contributed by atoms with E-state index in [0.29, 0.717) is 5.69 Å². The SMILES string of the molecule is C[C@@H](NC(=O)c1ccco1)C(=O)Nc1ccc(N2CCCC2)cc1. The second-order valence-electron chi connectivity index (χ2n) is 5.90. The van der Waals surface area contributed by atoms with Gasteiger partial charge in [0, 0.05) is 24.5 Å². The van der Waals surface area contributed by atoms with Gasteiger partial charge in [-0.1, -0.05) is 0 Å². The average Bonchev–Trinajstić information content (AvgIpc) is 3.29. The van der Waals surface area contributed by atoms with Gasteiger partial charge in [0.1, 0.15) is 6.04 Å². The first kappa shape index (κ1) is 16.1. The van der Waals surface area contributed by atoms with E-state index in [4.69, 9.17) is 4.42 Å². The van der Waals surface area contributed by atoms with Crippen molar-refractivity contribution in [1.29, 1.82) is 0 Å². The number of hydrogen-bond acceptors (Lipinski definition) is 4. The summed E-state index contributed by atoms with van der Waals surface area (Å²) in [5.74, 6) is -0.500. The number of amides is 2. The molecule has 0 bridgehead atoms. The number of nitrogens with zero attached hydrogens (tertiary/aromatic N) is 1. The van der Waals surface area contributed by atoms with Gasteiger partial charge in [-0.15, -0.1) is 0 Å². The van der Waals surface area contributed by atoms with E-state index in [1.54, 1.807) is 19.1 Å². The van der Waals surface area contributed by atoms with Crippen molar-refractivity contribution in [1.82, 2.24) is 5.32 Å². The van der Waals surface area contributed by atoms with Crippen molar-refractivity contribution in [3.63, 3.8) is 0 Å². The Labute approximate surface area is 140 Å². The monoisotopic (exact) mass is 327 g/mol. The molecule has 2 aromatic rings. The fraction of sp³-hybridized carbons (Fsp3) is 0.333. The van der Waals surface area contributed by atoms with E-state index >= 15 is 0 Å². The van der Waals surface area contributed by atoms with Crippen LogP contribution in [-0.2, 0) is 4.79 Å². The predicted octanol–water partition coefficient (Wildman–Crippen LogP) is 2.64. The van der Waals surface area contributed by atoms with Crippen LogP contribution in [0.5, 0.6) is 0 Å². The lowest BCUT2D eigenvalue weighted by Gasteiger charge is -2.18. The molecule has 126 valence electrons. The highest BCUT2D eigenvalue weighted by Crippen LogP contribution is 2.22. The largest absolute Gasteiger partial charge is 0.459 e. The molecule has 1 aliphatic rings. The average molecular weight is 327 g/mol. The Kier molecular flexibility index (Phi) is 4.84. The number of carbonyl (C=O) groups excluding carboxylic acids is 2. The summed E-state index contributed by atoms with van der Waals surface area (Å²) >= 11 is 0.